The Bertz CT molecular complexity index is 132. The molecule has 0 spiro atoms. The van der Waals surface area contributed by atoms with Crippen molar-refractivity contribution in [3.05, 3.63) is 12.3 Å². The van der Waals surface area contributed by atoms with Crippen molar-refractivity contribution in [2.75, 3.05) is 6.54 Å². The molecule has 0 radical (unpaired) electrons. The summed E-state index contributed by atoms with van der Waals surface area (Å²) in [4.78, 5) is 18.3. The highest BCUT2D eigenvalue weighted by molar-refractivity contribution is 7.43. The van der Waals surface area contributed by atoms with Gasteiger partial charge in [0.25, 0.3) is 0 Å². The minimum Gasteiger partial charge on any atom is -0.602 e. The van der Waals surface area contributed by atoms with Gasteiger partial charge in [-0.15, -0.1) is 0 Å². The summed E-state index contributed by atoms with van der Waals surface area (Å²) in [6, 6.07) is 0. The molecule has 1 unspecified atom stereocenters. The van der Waals surface area contributed by atoms with Gasteiger partial charge >= 0.3 is 0 Å². The molecule has 0 heterocycles. The molecule has 0 amide bonds. The van der Waals surface area contributed by atoms with Gasteiger partial charge in [0, 0.05) is 6.54 Å². The summed E-state index contributed by atoms with van der Waals surface area (Å²) in [5.74, 6) is 1.15. The summed E-state index contributed by atoms with van der Waals surface area (Å²) in [7, 11) is -2.16. The summed E-state index contributed by atoms with van der Waals surface area (Å²) >= 11 is 0. The summed E-state index contributed by atoms with van der Waals surface area (Å²) in [5.41, 5.74) is 5.04. The molecule has 0 aliphatic heterocycles. The average molecular weight is 162 g/mol. The van der Waals surface area contributed by atoms with Crippen LogP contribution in [0.3, 0.4) is 0 Å². The van der Waals surface area contributed by atoms with Crippen molar-refractivity contribution in [1.29, 1.82) is 0 Å². The fraction of sp³-hybridized carbons (Fsp3) is 0.400. The Morgan fingerprint density at radius 2 is 2.40 bits per heavy atom. The molecule has 0 aromatic rings. The van der Waals surface area contributed by atoms with E-state index in [0.717, 1.165) is 12.3 Å². The van der Waals surface area contributed by atoms with E-state index >= 15 is 0 Å². The second-order valence-electron chi connectivity index (χ2n) is 1.60. The monoisotopic (exact) mass is 162 g/mol. The first kappa shape index (κ1) is 9.59. The molecular weight excluding hydrogens is 151 g/mol. The average Bonchev–Trinajstić information content (AvgIpc) is 1.87. The molecule has 4 nitrogen and oxygen atoms in total. The van der Waals surface area contributed by atoms with Crippen LogP contribution >= 0.6 is 8.00 Å². The normalized spacial score (nSPS) is 12.8. The zero-order chi connectivity index (χ0) is 7.82. The van der Waals surface area contributed by atoms with Crippen LogP contribution in [0, 0.1) is 0 Å². The molecule has 4 N–H and O–H groups in total. The Labute approximate surface area is 60.9 Å². The van der Waals surface area contributed by atoms with E-state index in [0.29, 0.717) is 6.54 Å². The van der Waals surface area contributed by atoms with Crippen molar-refractivity contribution >= 4 is 13.9 Å². The zero-order valence-corrected chi connectivity index (χ0v) is 6.42. The molecule has 58 valence electrons. The minimum atomic E-state index is -2.16. The van der Waals surface area contributed by atoms with Crippen LogP contribution in [0.25, 0.3) is 0 Å². The molecule has 0 aliphatic rings. The van der Waals surface area contributed by atoms with Gasteiger partial charge in [-0.2, -0.15) is 4.89 Å². The molecule has 5 heteroatoms. The Morgan fingerprint density at radius 1 is 1.70 bits per heavy atom. The standard InChI is InChI=1S/C5H11N2O2P/c6-3-1-2-4-7-5-10(8)9/h1,3,5,7H,2,4,6H2,(H,8,9). The molecular formula is C5H11N2O2P. The largest absolute Gasteiger partial charge is 0.602 e. The number of nitrogens with two attached hydrogens (primary N) is 1. The van der Waals surface area contributed by atoms with Crippen LogP contribution in [0.15, 0.2) is 12.3 Å². The molecule has 0 bridgehead atoms. The second-order valence-corrected chi connectivity index (χ2v) is 2.47. The Morgan fingerprint density at radius 3 is 2.90 bits per heavy atom. The van der Waals surface area contributed by atoms with E-state index in [2.05, 4.69) is 5.32 Å². The predicted molar refractivity (Wildman–Crippen MR) is 41.1 cm³/mol. The maximum absolute atomic E-state index is 10.0. The predicted octanol–water partition coefficient (Wildman–Crippen LogP) is -1.14. The quantitative estimate of drug-likeness (QED) is 0.360. The molecule has 0 aromatic carbocycles. The zero-order valence-electron chi connectivity index (χ0n) is 5.53. The van der Waals surface area contributed by atoms with Gasteiger partial charge in [-0.1, -0.05) is 6.08 Å². The molecule has 0 aliphatic carbocycles. The summed E-state index contributed by atoms with van der Waals surface area (Å²) in [6.45, 7) is 0.634. The lowest BCUT2D eigenvalue weighted by Crippen LogP contribution is -2.12. The van der Waals surface area contributed by atoms with Gasteiger partial charge in [0.15, 0.2) is 5.92 Å². The van der Waals surface area contributed by atoms with Gasteiger partial charge in [0.1, 0.15) is 0 Å². The van der Waals surface area contributed by atoms with Crippen molar-refractivity contribution < 1.29 is 9.79 Å². The molecule has 0 rings (SSSR count). The van der Waals surface area contributed by atoms with E-state index in [4.69, 9.17) is 10.6 Å². The van der Waals surface area contributed by atoms with Gasteiger partial charge in [-0.3, -0.25) is 5.32 Å². The molecule has 10 heavy (non-hydrogen) atoms. The third-order valence-electron chi connectivity index (χ3n) is 0.793. The molecule has 0 aromatic heterocycles. The topological polar surface area (TPSA) is 81.3 Å². The lowest BCUT2D eigenvalue weighted by molar-refractivity contribution is -0.167. The smallest absolute Gasteiger partial charge is 0.229 e. The fourth-order valence-corrected chi connectivity index (χ4v) is 0.691. The number of nitrogens with one attached hydrogen (secondary N) is 1. The molecule has 0 fully saturated rings. The van der Waals surface area contributed by atoms with Crippen LogP contribution in [0.1, 0.15) is 6.42 Å². The van der Waals surface area contributed by atoms with E-state index < -0.39 is 8.00 Å². The van der Waals surface area contributed by atoms with Crippen molar-refractivity contribution in [2.24, 2.45) is 5.73 Å². The van der Waals surface area contributed by atoms with Crippen molar-refractivity contribution in [1.82, 2.24) is 5.32 Å². The summed E-state index contributed by atoms with van der Waals surface area (Å²) in [5, 5.41) is 2.65. The maximum Gasteiger partial charge on any atom is 0.229 e. The van der Waals surface area contributed by atoms with Gasteiger partial charge in [0.05, 0.1) is 0 Å². The maximum atomic E-state index is 10.0. The van der Waals surface area contributed by atoms with Crippen molar-refractivity contribution in [3.63, 3.8) is 0 Å². The first-order valence-electron chi connectivity index (χ1n) is 2.86. The third kappa shape index (κ3) is 7.59. The van der Waals surface area contributed by atoms with E-state index in [1.165, 1.54) is 6.20 Å². The van der Waals surface area contributed by atoms with Crippen molar-refractivity contribution in [3.8, 4) is 0 Å². The summed E-state index contributed by atoms with van der Waals surface area (Å²) < 4.78 is 0. The first-order valence-corrected chi connectivity index (χ1v) is 4.14. The van der Waals surface area contributed by atoms with Crippen LogP contribution < -0.4 is 15.9 Å². The highest BCUT2D eigenvalue weighted by atomic mass is 31.1. The Kier molecular flexibility index (Phi) is 6.43. The fourth-order valence-electron chi connectivity index (χ4n) is 0.406. The lowest BCUT2D eigenvalue weighted by Gasteiger charge is -1.90. The van der Waals surface area contributed by atoms with Crippen LogP contribution in [-0.4, -0.2) is 17.4 Å². The number of rotatable bonds is 4. The first-order chi connectivity index (χ1) is 4.77. The third-order valence-corrected chi connectivity index (χ3v) is 1.20. The highest BCUT2D eigenvalue weighted by Gasteiger charge is 1.83. The van der Waals surface area contributed by atoms with E-state index in [1.807, 2.05) is 0 Å². The van der Waals surface area contributed by atoms with E-state index in [9.17, 15) is 4.89 Å². The Hall–Kier alpha value is -0.410. The highest BCUT2D eigenvalue weighted by Crippen LogP contribution is 1.94. The van der Waals surface area contributed by atoms with Gasteiger partial charge in [0.2, 0.25) is 8.00 Å². The summed E-state index contributed by atoms with van der Waals surface area (Å²) in [6.07, 6.45) is 3.97. The number of hydrogen-bond acceptors (Lipinski definition) is 3. The van der Waals surface area contributed by atoms with Crippen LogP contribution in [0.2, 0.25) is 0 Å². The number of hydrogen-bond donors (Lipinski definition) is 3. The van der Waals surface area contributed by atoms with Crippen LogP contribution in [-0.2, 0) is 0 Å². The van der Waals surface area contributed by atoms with Crippen LogP contribution in [0.4, 0.5) is 0 Å². The van der Waals surface area contributed by atoms with Gasteiger partial charge in [-0.25, -0.2) is 0 Å². The van der Waals surface area contributed by atoms with E-state index in [1.54, 1.807) is 6.08 Å². The van der Waals surface area contributed by atoms with E-state index in [-0.39, 0.29) is 0 Å². The van der Waals surface area contributed by atoms with Gasteiger partial charge in [-0.05, 0) is 12.6 Å². The SMILES string of the molecule is NC=CCCN/C=[P+](\[O-])O. The molecule has 0 saturated heterocycles. The minimum absolute atomic E-state index is 0.634. The van der Waals surface area contributed by atoms with Gasteiger partial charge < -0.3 is 10.6 Å². The van der Waals surface area contributed by atoms with Crippen LogP contribution in [0.5, 0.6) is 0 Å². The molecule has 0 saturated carbocycles. The molecule has 1 atom stereocenters. The lowest BCUT2D eigenvalue weighted by atomic mass is 10.4. The van der Waals surface area contributed by atoms with Crippen molar-refractivity contribution in [2.45, 2.75) is 6.42 Å². The Balaban J connectivity index is 3.13. The second kappa shape index (κ2) is 6.71.